The number of hydrogen-bond donors (Lipinski definition) is 1. The number of alkyl halides is 3. The van der Waals surface area contributed by atoms with Crippen molar-refractivity contribution in [3.05, 3.63) is 23.0 Å². The molecule has 0 amide bonds. The van der Waals surface area contributed by atoms with Crippen molar-refractivity contribution in [2.24, 2.45) is 0 Å². The van der Waals surface area contributed by atoms with Crippen molar-refractivity contribution < 1.29 is 17.9 Å². The molecule has 0 bridgehead atoms. The van der Waals surface area contributed by atoms with Gasteiger partial charge in [0.05, 0.1) is 24.6 Å². The van der Waals surface area contributed by atoms with Crippen LogP contribution in [0.25, 0.3) is 11.0 Å². The normalized spacial score (nSPS) is 12.0. The first-order valence-corrected chi connectivity index (χ1v) is 5.65. The Kier molecular flexibility index (Phi) is 3.34. The van der Waals surface area contributed by atoms with Crippen molar-refractivity contribution in [3.8, 4) is 5.75 Å². The number of aryl methyl sites for hydroxylation is 1. The van der Waals surface area contributed by atoms with Gasteiger partial charge in [-0.25, -0.2) is 0 Å². The molecule has 0 radical (unpaired) electrons. The van der Waals surface area contributed by atoms with Crippen LogP contribution in [0.4, 0.5) is 13.2 Å². The highest BCUT2D eigenvalue weighted by atomic mass is 32.1. The largest absolute Gasteiger partial charge is 0.497 e. The Morgan fingerprint density at radius 2 is 2.11 bits per heavy atom. The SMILES string of the molecule is COc1ccc2[nH]c(=S)n(CCC(F)(F)F)c2c1. The second kappa shape index (κ2) is 4.64. The van der Waals surface area contributed by atoms with Crippen LogP contribution in [0.5, 0.6) is 5.75 Å². The van der Waals surface area contributed by atoms with Gasteiger partial charge in [0.2, 0.25) is 0 Å². The number of methoxy groups -OCH3 is 1. The Morgan fingerprint density at radius 3 is 2.72 bits per heavy atom. The Labute approximate surface area is 106 Å². The molecule has 1 heterocycles. The van der Waals surface area contributed by atoms with Crippen molar-refractivity contribution in [2.45, 2.75) is 19.1 Å². The topological polar surface area (TPSA) is 29.9 Å². The van der Waals surface area contributed by atoms with Crippen LogP contribution in [0.1, 0.15) is 6.42 Å². The van der Waals surface area contributed by atoms with E-state index in [1.54, 1.807) is 18.2 Å². The molecule has 7 heteroatoms. The molecule has 18 heavy (non-hydrogen) atoms. The van der Waals surface area contributed by atoms with Gasteiger partial charge in [0, 0.05) is 12.6 Å². The molecule has 1 aromatic carbocycles. The molecule has 0 aliphatic rings. The number of ether oxygens (including phenoxy) is 1. The predicted octanol–water partition coefficient (Wildman–Crippen LogP) is 3.66. The summed E-state index contributed by atoms with van der Waals surface area (Å²) in [7, 11) is 1.50. The van der Waals surface area contributed by atoms with Crippen molar-refractivity contribution in [2.75, 3.05) is 7.11 Å². The second-order valence-corrected chi connectivity index (χ2v) is 4.22. The van der Waals surface area contributed by atoms with Gasteiger partial charge >= 0.3 is 6.18 Å². The molecule has 1 aromatic heterocycles. The van der Waals surface area contributed by atoms with Crippen LogP contribution in [0.15, 0.2) is 18.2 Å². The number of benzene rings is 1. The third-order valence-corrected chi connectivity index (χ3v) is 2.92. The highest BCUT2D eigenvalue weighted by molar-refractivity contribution is 7.71. The molecule has 0 fully saturated rings. The predicted molar refractivity (Wildman–Crippen MR) is 64.3 cm³/mol. The first-order valence-electron chi connectivity index (χ1n) is 5.24. The summed E-state index contributed by atoms with van der Waals surface area (Å²) in [6.45, 7) is -0.199. The number of fused-ring (bicyclic) bond motifs is 1. The smallest absolute Gasteiger partial charge is 0.390 e. The Hall–Kier alpha value is -1.50. The van der Waals surface area contributed by atoms with Crippen molar-refractivity contribution in [1.82, 2.24) is 9.55 Å². The van der Waals surface area contributed by atoms with E-state index in [1.165, 1.54) is 11.7 Å². The molecule has 98 valence electrons. The van der Waals surface area contributed by atoms with Crippen LogP contribution in [-0.4, -0.2) is 22.8 Å². The third-order valence-electron chi connectivity index (χ3n) is 2.60. The quantitative estimate of drug-likeness (QED) is 0.867. The number of imidazole rings is 1. The van der Waals surface area contributed by atoms with Crippen molar-refractivity contribution in [3.63, 3.8) is 0 Å². The third kappa shape index (κ3) is 2.66. The number of aromatic nitrogens is 2. The van der Waals surface area contributed by atoms with Gasteiger partial charge in [-0.15, -0.1) is 0 Å². The molecule has 3 nitrogen and oxygen atoms in total. The van der Waals surface area contributed by atoms with Crippen LogP contribution in [0.2, 0.25) is 0 Å². The van der Waals surface area contributed by atoms with E-state index in [9.17, 15) is 13.2 Å². The summed E-state index contributed by atoms with van der Waals surface area (Å²) in [5.74, 6) is 0.581. The summed E-state index contributed by atoms with van der Waals surface area (Å²) in [4.78, 5) is 2.87. The zero-order chi connectivity index (χ0) is 13.3. The summed E-state index contributed by atoms with van der Waals surface area (Å²) in [5.41, 5.74) is 1.31. The lowest BCUT2D eigenvalue weighted by Crippen LogP contribution is -2.12. The van der Waals surface area contributed by atoms with Gasteiger partial charge in [-0.2, -0.15) is 13.2 Å². The fourth-order valence-electron chi connectivity index (χ4n) is 1.72. The van der Waals surface area contributed by atoms with Gasteiger partial charge in [0.1, 0.15) is 5.75 Å². The standard InChI is InChI=1S/C11H11F3N2OS/c1-17-7-2-3-8-9(6-7)16(10(18)15-8)5-4-11(12,13)14/h2-3,6H,4-5H2,1H3,(H,15,18). The summed E-state index contributed by atoms with van der Waals surface area (Å²) in [6, 6.07) is 5.12. The molecule has 0 spiro atoms. The Balaban J connectivity index is 2.42. The number of rotatable bonds is 3. The van der Waals surface area contributed by atoms with E-state index >= 15 is 0 Å². The molecular weight excluding hydrogens is 265 g/mol. The minimum Gasteiger partial charge on any atom is -0.497 e. The summed E-state index contributed by atoms with van der Waals surface area (Å²) in [5, 5.41) is 0. The zero-order valence-corrected chi connectivity index (χ0v) is 10.4. The first kappa shape index (κ1) is 12.9. The molecule has 0 unspecified atom stereocenters. The van der Waals surface area contributed by atoms with Crippen LogP contribution in [0, 0.1) is 4.77 Å². The molecule has 1 N–H and O–H groups in total. The Morgan fingerprint density at radius 1 is 1.39 bits per heavy atom. The van der Waals surface area contributed by atoms with E-state index in [-0.39, 0.29) is 11.3 Å². The fraction of sp³-hybridized carbons (Fsp3) is 0.364. The van der Waals surface area contributed by atoms with E-state index in [1.807, 2.05) is 0 Å². The number of hydrogen-bond acceptors (Lipinski definition) is 2. The summed E-state index contributed by atoms with van der Waals surface area (Å²) >= 11 is 5.02. The molecule has 0 atom stereocenters. The molecule has 0 saturated heterocycles. The summed E-state index contributed by atoms with van der Waals surface area (Å²) < 4.78 is 43.5. The van der Waals surface area contributed by atoms with E-state index in [0.717, 1.165) is 0 Å². The summed E-state index contributed by atoms with van der Waals surface area (Å²) in [6.07, 6.45) is -5.11. The average Bonchev–Trinajstić information content (AvgIpc) is 2.60. The first-order chi connectivity index (χ1) is 8.40. The van der Waals surface area contributed by atoms with Gasteiger partial charge in [0.15, 0.2) is 4.77 Å². The number of aromatic amines is 1. The second-order valence-electron chi connectivity index (χ2n) is 3.83. The number of H-pyrrole nitrogens is 1. The maximum absolute atomic E-state index is 12.2. The van der Waals surface area contributed by atoms with Gasteiger partial charge in [-0.1, -0.05) is 0 Å². The van der Waals surface area contributed by atoms with Crippen LogP contribution < -0.4 is 4.74 Å². The lowest BCUT2D eigenvalue weighted by molar-refractivity contribution is -0.136. The number of halogens is 3. The molecule has 0 saturated carbocycles. The van der Waals surface area contributed by atoms with E-state index in [4.69, 9.17) is 17.0 Å². The number of nitrogens with zero attached hydrogens (tertiary/aromatic N) is 1. The number of nitrogens with one attached hydrogen (secondary N) is 1. The van der Waals surface area contributed by atoms with E-state index in [2.05, 4.69) is 4.98 Å². The average molecular weight is 276 g/mol. The lowest BCUT2D eigenvalue weighted by Gasteiger charge is -2.08. The maximum Gasteiger partial charge on any atom is 0.390 e. The molecule has 0 aliphatic heterocycles. The Bertz CT molecular complexity index is 615. The maximum atomic E-state index is 12.2. The van der Waals surface area contributed by atoms with Crippen LogP contribution >= 0.6 is 12.2 Å². The van der Waals surface area contributed by atoms with Crippen LogP contribution in [0.3, 0.4) is 0 Å². The van der Waals surface area contributed by atoms with Gasteiger partial charge in [0.25, 0.3) is 0 Å². The van der Waals surface area contributed by atoms with Gasteiger partial charge in [-0.3, -0.25) is 0 Å². The van der Waals surface area contributed by atoms with Crippen molar-refractivity contribution >= 4 is 23.3 Å². The van der Waals surface area contributed by atoms with E-state index in [0.29, 0.717) is 16.8 Å². The lowest BCUT2D eigenvalue weighted by atomic mass is 10.3. The monoisotopic (exact) mass is 276 g/mol. The minimum atomic E-state index is -4.20. The van der Waals surface area contributed by atoms with Crippen LogP contribution in [-0.2, 0) is 6.54 Å². The zero-order valence-electron chi connectivity index (χ0n) is 9.54. The van der Waals surface area contributed by atoms with E-state index < -0.39 is 12.6 Å². The molecular formula is C11H11F3N2OS. The minimum absolute atomic E-state index is 0.199. The van der Waals surface area contributed by atoms with Crippen molar-refractivity contribution in [1.29, 1.82) is 0 Å². The fourth-order valence-corrected chi connectivity index (χ4v) is 2.02. The van der Waals surface area contributed by atoms with Gasteiger partial charge < -0.3 is 14.3 Å². The molecule has 2 aromatic rings. The highest BCUT2D eigenvalue weighted by Crippen LogP contribution is 2.24. The molecule has 2 rings (SSSR count). The highest BCUT2D eigenvalue weighted by Gasteiger charge is 2.27. The van der Waals surface area contributed by atoms with Gasteiger partial charge in [-0.05, 0) is 24.4 Å². The molecule has 0 aliphatic carbocycles.